The topological polar surface area (TPSA) is 32.6 Å². The van der Waals surface area contributed by atoms with Gasteiger partial charge in [-0.2, -0.15) is 0 Å². The molecule has 0 N–H and O–H groups in total. The first-order chi connectivity index (χ1) is 11.7. The van der Waals surface area contributed by atoms with Crippen LogP contribution in [0.4, 0.5) is 0 Å². The lowest BCUT2D eigenvalue weighted by molar-refractivity contribution is -0.128. The highest BCUT2D eigenvalue weighted by Crippen LogP contribution is 2.33. The summed E-state index contributed by atoms with van der Waals surface area (Å²) in [5.41, 5.74) is 2.57. The summed E-state index contributed by atoms with van der Waals surface area (Å²) in [7, 11) is 0. The third-order valence-electron chi connectivity index (χ3n) is 5.34. The summed E-state index contributed by atoms with van der Waals surface area (Å²) in [6.07, 6.45) is 5.94. The highest BCUT2D eigenvalue weighted by molar-refractivity contribution is 5.76. The summed E-state index contributed by atoms with van der Waals surface area (Å²) in [5, 5.41) is 0. The zero-order valence-electron chi connectivity index (χ0n) is 14.4. The SMILES string of the molecule is CC(=O)N1CC=C(c2ccc(OCC3CN3CC3CC3)cc2)CC1. The van der Waals surface area contributed by atoms with Crippen molar-refractivity contribution in [2.24, 2.45) is 5.92 Å². The normalized spacial score (nSPS) is 26.0. The Morgan fingerprint density at radius 3 is 2.67 bits per heavy atom. The second-order valence-corrected chi connectivity index (χ2v) is 7.33. The van der Waals surface area contributed by atoms with Gasteiger partial charge in [-0.25, -0.2) is 0 Å². The van der Waals surface area contributed by atoms with Crippen molar-refractivity contribution in [1.29, 1.82) is 0 Å². The van der Waals surface area contributed by atoms with Crippen LogP contribution in [-0.2, 0) is 4.79 Å². The fraction of sp³-hybridized carbons (Fsp3) is 0.550. The first-order valence-corrected chi connectivity index (χ1v) is 9.11. The molecule has 2 aliphatic heterocycles. The van der Waals surface area contributed by atoms with E-state index in [2.05, 4.69) is 35.2 Å². The van der Waals surface area contributed by atoms with Gasteiger partial charge in [0.15, 0.2) is 0 Å². The third-order valence-corrected chi connectivity index (χ3v) is 5.34. The number of carbonyl (C=O) groups excluding carboxylic acids is 1. The van der Waals surface area contributed by atoms with Crippen LogP contribution in [-0.4, -0.2) is 54.5 Å². The van der Waals surface area contributed by atoms with Crippen LogP contribution in [0.1, 0.15) is 31.7 Å². The first kappa shape index (κ1) is 15.7. The monoisotopic (exact) mass is 326 g/mol. The fourth-order valence-electron chi connectivity index (χ4n) is 3.41. The van der Waals surface area contributed by atoms with Gasteiger partial charge in [-0.05, 0) is 48.4 Å². The number of benzene rings is 1. The highest BCUT2D eigenvalue weighted by Gasteiger charge is 2.38. The maximum absolute atomic E-state index is 11.4. The van der Waals surface area contributed by atoms with Crippen LogP contribution in [0, 0.1) is 5.92 Å². The summed E-state index contributed by atoms with van der Waals surface area (Å²) in [6, 6.07) is 9.05. The zero-order valence-corrected chi connectivity index (χ0v) is 14.4. The Morgan fingerprint density at radius 2 is 2.04 bits per heavy atom. The van der Waals surface area contributed by atoms with Crippen molar-refractivity contribution in [2.75, 3.05) is 32.8 Å². The number of rotatable bonds is 6. The van der Waals surface area contributed by atoms with Crippen molar-refractivity contribution in [3.63, 3.8) is 0 Å². The molecule has 1 saturated carbocycles. The number of carbonyl (C=O) groups is 1. The van der Waals surface area contributed by atoms with E-state index in [1.54, 1.807) is 6.92 Å². The van der Waals surface area contributed by atoms with Crippen LogP contribution < -0.4 is 4.74 Å². The molecule has 0 aromatic heterocycles. The standard InChI is InChI=1S/C20H26N2O2/c1-15(23)21-10-8-18(9-11-21)17-4-6-20(7-5-17)24-14-19-13-22(19)12-16-2-3-16/h4-8,16,19H,2-3,9-14H2,1H3. The minimum atomic E-state index is 0.157. The third kappa shape index (κ3) is 3.81. The first-order valence-electron chi connectivity index (χ1n) is 9.11. The van der Waals surface area contributed by atoms with Crippen LogP contribution in [0.5, 0.6) is 5.75 Å². The lowest BCUT2D eigenvalue weighted by Gasteiger charge is -2.25. The van der Waals surface area contributed by atoms with Gasteiger partial charge in [-0.3, -0.25) is 9.69 Å². The van der Waals surface area contributed by atoms with Gasteiger partial charge in [-0.1, -0.05) is 18.2 Å². The molecule has 128 valence electrons. The smallest absolute Gasteiger partial charge is 0.219 e. The molecule has 2 fully saturated rings. The summed E-state index contributed by atoms with van der Waals surface area (Å²) in [6.45, 7) is 6.46. The maximum atomic E-state index is 11.4. The molecular formula is C20H26N2O2. The molecule has 0 bridgehead atoms. The van der Waals surface area contributed by atoms with E-state index >= 15 is 0 Å². The molecule has 1 saturated heterocycles. The van der Waals surface area contributed by atoms with Crippen LogP contribution in [0.15, 0.2) is 30.3 Å². The van der Waals surface area contributed by atoms with Gasteiger partial charge in [0.25, 0.3) is 0 Å². The Balaban J connectivity index is 1.26. The predicted molar refractivity (Wildman–Crippen MR) is 94.9 cm³/mol. The molecule has 2 atom stereocenters. The fourth-order valence-corrected chi connectivity index (χ4v) is 3.41. The van der Waals surface area contributed by atoms with Crippen LogP contribution >= 0.6 is 0 Å². The molecule has 2 unspecified atom stereocenters. The van der Waals surface area contributed by atoms with Crippen LogP contribution in [0.25, 0.3) is 5.57 Å². The molecule has 24 heavy (non-hydrogen) atoms. The minimum Gasteiger partial charge on any atom is -0.492 e. The summed E-state index contributed by atoms with van der Waals surface area (Å²) in [4.78, 5) is 15.8. The van der Waals surface area contributed by atoms with Gasteiger partial charge < -0.3 is 9.64 Å². The van der Waals surface area contributed by atoms with Crippen molar-refractivity contribution < 1.29 is 9.53 Å². The average Bonchev–Trinajstić information content (AvgIpc) is 3.53. The summed E-state index contributed by atoms with van der Waals surface area (Å²) >= 11 is 0. The Labute approximate surface area is 144 Å². The van der Waals surface area contributed by atoms with E-state index in [0.717, 1.165) is 37.8 Å². The molecule has 4 nitrogen and oxygen atoms in total. The van der Waals surface area contributed by atoms with E-state index in [-0.39, 0.29) is 5.91 Å². The molecule has 0 radical (unpaired) electrons. The second kappa shape index (κ2) is 6.60. The molecule has 1 amide bonds. The van der Waals surface area contributed by atoms with Gasteiger partial charge in [0.05, 0.1) is 6.04 Å². The van der Waals surface area contributed by atoms with Crippen molar-refractivity contribution in [3.05, 3.63) is 35.9 Å². The Hall–Kier alpha value is -1.81. The molecule has 0 spiro atoms. The van der Waals surface area contributed by atoms with Crippen molar-refractivity contribution >= 4 is 11.5 Å². The van der Waals surface area contributed by atoms with Gasteiger partial charge in [0.2, 0.25) is 5.91 Å². The Kier molecular flexibility index (Phi) is 4.31. The summed E-state index contributed by atoms with van der Waals surface area (Å²) < 4.78 is 5.94. The summed E-state index contributed by atoms with van der Waals surface area (Å²) in [5.74, 6) is 2.08. The Morgan fingerprint density at radius 1 is 1.25 bits per heavy atom. The zero-order chi connectivity index (χ0) is 16.5. The number of hydrogen-bond acceptors (Lipinski definition) is 3. The van der Waals surface area contributed by atoms with E-state index in [1.165, 1.54) is 37.1 Å². The Bertz CT molecular complexity index is 634. The minimum absolute atomic E-state index is 0.157. The number of hydrogen-bond donors (Lipinski definition) is 0. The molecule has 4 heteroatoms. The van der Waals surface area contributed by atoms with Crippen molar-refractivity contribution in [3.8, 4) is 5.75 Å². The largest absolute Gasteiger partial charge is 0.492 e. The van der Waals surface area contributed by atoms with Gasteiger partial charge in [-0.15, -0.1) is 0 Å². The van der Waals surface area contributed by atoms with Crippen molar-refractivity contribution in [1.82, 2.24) is 9.80 Å². The van der Waals surface area contributed by atoms with E-state index in [9.17, 15) is 4.79 Å². The number of amides is 1. The van der Waals surface area contributed by atoms with Crippen LogP contribution in [0.2, 0.25) is 0 Å². The number of ether oxygens (including phenoxy) is 1. The lowest BCUT2D eigenvalue weighted by Crippen LogP contribution is -2.32. The second-order valence-electron chi connectivity index (χ2n) is 7.33. The quantitative estimate of drug-likeness (QED) is 0.754. The molecule has 1 aliphatic carbocycles. The number of nitrogens with zero attached hydrogens (tertiary/aromatic N) is 2. The van der Waals surface area contributed by atoms with Gasteiger partial charge >= 0.3 is 0 Å². The van der Waals surface area contributed by atoms with E-state index in [1.807, 2.05) is 4.90 Å². The lowest BCUT2D eigenvalue weighted by atomic mass is 9.99. The predicted octanol–water partition coefficient (Wildman–Crippen LogP) is 2.80. The molecule has 1 aromatic rings. The van der Waals surface area contributed by atoms with E-state index in [4.69, 9.17) is 4.74 Å². The van der Waals surface area contributed by atoms with Crippen molar-refractivity contribution in [2.45, 2.75) is 32.2 Å². The molecule has 2 heterocycles. The van der Waals surface area contributed by atoms with E-state index in [0.29, 0.717) is 6.04 Å². The van der Waals surface area contributed by atoms with Gasteiger partial charge in [0, 0.05) is 33.1 Å². The molecule has 4 rings (SSSR count). The maximum Gasteiger partial charge on any atom is 0.219 e. The van der Waals surface area contributed by atoms with Crippen LogP contribution in [0.3, 0.4) is 0 Å². The van der Waals surface area contributed by atoms with E-state index < -0.39 is 0 Å². The molecule has 1 aromatic carbocycles. The average molecular weight is 326 g/mol. The molecular weight excluding hydrogens is 300 g/mol. The highest BCUT2D eigenvalue weighted by atomic mass is 16.5. The molecule has 3 aliphatic rings. The van der Waals surface area contributed by atoms with Gasteiger partial charge in [0.1, 0.15) is 12.4 Å².